The zero-order valence-electron chi connectivity index (χ0n) is 27.5. The quantitative estimate of drug-likeness (QED) is 0.0757. The number of nitrogens with zero attached hydrogens (tertiary/aromatic N) is 2. The van der Waals surface area contributed by atoms with Gasteiger partial charge in [-0.25, -0.2) is 0 Å². The lowest BCUT2D eigenvalue weighted by molar-refractivity contribution is 0.0564. The van der Waals surface area contributed by atoms with Crippen molar-refractivity contribution >= 4 is 15.2 Å². The monoisotopic (exact) mass is 724 g/mol. The molecule has 49 heavy (non-hydrogen) atoms. The predicted octanol–water partition coefficient (Wildman–Crippen LogP) is 8.36. The summed E-state index contributed by atoms with van der Waals surface area (Å²) < 4.78 is 78.9. The van der Waals surface area contributed by atoms with Gasteiger partial charge in [-0.2, -0.15) is 17.6 Å². The second-order valence-corrected chi connectivity index (χ2v) is 14.7. The first-order valence-electron chi connectivity index (χ1n) is 15.6. The third kappa shape index (κ3) is 10.9. The Hall–Kier alpha value is -3.18. The Morgan fingerprint density at radius 2 is 0.796 bits per heavy atom. The molecule has 0 aromatic heterocycles. The van der Waals surface area contributed by atoms with Crippen molar-refractivity contribution < 1.29 is 46.3 Å². The molecule has 0 saturated carbocycles. The van der Waals surface area contributed by atoms with Crippen molar-refractivity contribution in [3.05, 3.63) is 131 Å². The molecule has 0 amide bonds. The van der Waals surface area contributed by atoms with Crippen LogP contribution in [0.3, 0.4) is 0 Å². The third-order valence-electron chi connectivity index (χ3n) is 7.96. The Morgan fingerprint density at radius 3 is 1.08 bits per heavy atom. The fourth-order valence-corrected chi connectivity index (χ4v) is 5.97. The van der Waals surface area contributed by atoms with Gasteiger partial charge in [-0.05, 0) is 47.5 Å². The standard InChI is InChI=1S/C29H27F4NO6P2.C6H15N/c30-28(31,41(35,36)37)26-14-8-22(9-15-26)19-34(18-21-6-12-25(13-7-21)24-4-2-1-3-5-24)20-23-10-16-27(17-11-23)29(32,33)42(38,39)40;1-4-7(5-2)6-3/h1-17H,18-20H2,(H2,35,36,37)(H2,38,39,40);4-6H2,1-3H3. The first-order valence-corrected chi connectivity index (χ1v) is 18.8. The molecule has 0 aliphatic carbocycles. The Kier molecular flexibility index (Phi) is 14.1. The molecule has 0 unspecified atom stereocenters. The molecular weight excluding hydrogens is 682 g/mol. The summed E-state index contributed by atoms with van der Waals surface area (Å²) in [6.07, 6.45) is 0. The highest BCUT2D eigenvalue weighted by molar-refractivity contribution is 7.52. The van der Waals surface area contributed by atoms with E-state index in [2.05, 4.69) is 25.7 Å². The van der Waals surface area contributed by atoms with Crippen molar-refractivity contribution in [2.24, 2.45) is 0 Å². The van der Waals surface area contributed by atoms with Gasteiger partial charge in [0.05, 0.1) is 0 Å². The minimum atomic E-state index is -5.72. The van der Waals surface area contributed by atoms with Crippen LogP contribution >= 0.6 is 15.2 Å². The average Bonchev–Trinajstić information content (AvgIpc) is 3.06. The normalized spacial score (nSPS) is 12.6. The van der Waals surface area contributed by atoms with Crippen molar-refractivity contribution in [1.29, 1.82) is 0 Å². The number of hydrogen-bond donors (Lipinski definition) is 4. The molecule has 14 heteroatoms. The fraction of sp³-hybridized carbons (Fsp3) is 0.314. The average molecular weight is 725 g/mol. The van der Waals surface area contributed by atoms with Gasteiger partial charge in [-0.1, -0.05) is 124 Å². The molecule has 8 nitrogen and oxygen atoms in total. The Bertz CT molecular complexity index is 1610. The maximum absolute atomic E-state index is 14.1. The summed E-state index contributed by atoms with van der Waals surface area (Å²) in [4.78, 5) is 40.3. The van der Waals surface area contributed by atoms with Gasteiger partial charge in [0, 0.05) is 30.8 Å². The van der Waals surface area contributed by atoms with E-state index in [1.54, 1.807) is 0 Å². The summed E-state index contributed by atoms with van der Waals surface area (Å²) in [5.41, 5.74) is -6.34. The van der Waals surface area contributed by atoms with E-state index in [1.165, 1.54) is 43.9 Å². The maximum atomic E-state index is 14.1. The molecule has 0 aliphatic rings. The van der Waals surface area contributed by atoms with Crippen LogP contribution < -0.4 is 0 Å². The molecule has 0 aliphatic heterocycles. The first kappa shape index (κ1) is 40.3. The van der Waals surface area contributed by atoms with Crippen LogP contribution in [0.1, 0.15) is 48.6 Å². The van der Waals surface area contributed by atoms with Crippen LogP contribution in [-0.2, 0) is 40.1 Å². The van der Waals surface area contributed by atoms with Gasteiger partial charge in [-0.3, -0.25) is 14.0 Å². The molecule has 0 fully saturated rings. The third-order valence-corrected chi connectivity index (χ3v) is 9.94. The summed E-state index contributed by atoms with van der Waals surface area (Å²) in [7, 11) is -11.4. The van der Waals surface area contributed by atoms with E-state index in [1.807, 2.05) is 59.5 Å². The second kappa shape index (κ2) is 17.2. The molecule has 0 radical (unpaired) electrons. The van der Waals surface area contributed by atoms with Gasteiger partial charge in [0.2, 0.25) is 0 Å². The van der Waals surface area contributed by atoms with Crippen molar-refractivity contribution in [3.8, 4) is 11.1 Å². The predicted molar refractivity (Wildman–Crippen MR) is 183 cm³/mol. The van der Waals surface area contributed by atoms with Gasteiger partial charge < -0.3 is 24.5 Å². The smallest absolute Gasteiger partial charge is 0.320 e. The summed E-state index contributed by atoms with van der Waals surface area (Å²) in [5.74, 6) is 0. The number of alkyl halides is 4. The molecule has 0 bridgehead atoms. The molecule has 4 rings (SSSR count). The molecule has 0 heterocycles. The number of benzene rings is 4. The largest absolute Gasteiger partial charge is 0.399 e. The fourth-order valence-electron chi connectivity index (χ4n) is 5.00. The highest BCUT2D eigenvalue weighted by atomic mass is 31.2. The van der Waals surface area contributed by atoms with E-state index >= 15 is 0 Å². The van der Waals surface area contributed by atoms with E-state index in [9.17, 15) is 26.7 Å². The van der Waals surface area contributed by atoms with E-state index in [0.29, 0.717) is 17.7 Å². The zero-order chi connectivity index (χ0) is 36.5. The van der Waals surface area contributed by atoms with Gasteiger partial charge >= 0.3 is 26.5 Å². The van der Waals surface area contributed by atoms with Gasteiger partial charge in [-0.15, -0.1) is 0 Å². The highest BCUT2D eigenvalue weighted by Gasteiger charge is 2.51. The molecule has 0 spiro atoms. The van der Waals surface area contributed by atoms with Crippen LogP contribution in [0.2, 0.25) is 0 Å². The van der Waals surface area contributed by atoms with Crippen LogP contribution in [-0.4, -0.2) is 49.0 Å². The van der Waals surface area contributed by atoms with Crippen LogP contribution in [0.5, 0.6) is 0 Å². The molecule has 0 saturated heterocycles. The molecule has 0 atom stereocenters. The van der Waals surface area contributed by atoms with Crippen molar-refractivity contribution in [3.63, 3.8) is 0 Å². The lowest BCUT2D eigenvalue weighted by atomic mass is 10.0. The van der Waals surface area contributed by atoms with Crippen LogP contribution in [0.25, 0.3) is 11.1 Å². The number of hydrogen-bond acceptors (Lipinski definition) is 4. The Morgan fingerprint density at radius 1 is 0.490 bits per heavy atom. The summed E-state index contributed by atoms with van der Waals surface area (Å²) in [6, 6.07) is 26.5. The summed E-state index contributed by atoms with van der Waals surface area (Å²) >= 11 is 0. The molecule has 4 aromatic rings. The van der Waals surface area contributed by atoms with Crippen LogP contribution in [0, 0.1) is 0 Å². The van der Waals surface area contributed by atoms with E-state index in [4.69, 9.17) is 19.6 Å². The SMILES string of the molecule is CCN(CC)CC.O=P(O)(O)C(F)(F)c1ccc(CN(Cc2ccc(-c3ccccc3)cc2)Cc2ccc(C(F)(F)P(=O)(O)O)cc2)cc1. The second-order valence-electron chi connectivity index (χ2n) is 11.4. The number of rotatable bonds is 14. The van der Waals surface area contributed by atoms with E-state index in [-0.39, 0.29) is 13.1 Å². The number of halogens is 4. The van der Waals surface area contributed by atoms with Crippen LogP contribution in [0.4, 0.5) is 17.6 Å². The molecule has 4 aromatic carbocycles. The van der Waals surface area contributed by atoms with Crippen molar-refractivity contribution in [2.75, 3.05) is 19.6 Å². The van der Waals surface area contributed by atoms with Gasteiger partial charge in [0.25, 0.3) is 0 Å². The maximum Gasteiger partial charge on any atom is 0.399 e. The van der Waals surface area contributed by atoms with Crippen molar-refractivity contribution in [2.45, 2.75) is 51.7 Å². The lowest BCUT2D eigenvalue weighted by Crippen LogP contribution is -2.23. The summed E-state index contributed by atoms with van der Waals surface area (Å²) in [5, 5.41) is 0. The topological polar surface area (TPSA) is 122 Å². The minimum absolute atomic E-state index is 0.197. The zero-order valence-corrected chi connectivity index (χ0v) is 29.3. The van der Waals surface area contributed by atoms with E-state index < -0.39 is 37.6 Å². The first-order chi connectivity index (χ1) is 22.9. The molecular formula is C35H42F4N2O6P2. The lowest BCUT2D eigenvalue weighted by Gasteiger charge is -2.24. The minimum Gasteiger partial charge on any atom is -0.320 e. The van der Waals surface area contributed by atoms with E-state index in [0.717, 1.165) is 41.0 Å². The van der Waals surface area contributed by atoms with Crippen LogP contribution in [0.15, 0.2) is 103 Å². The molecule has 266 valence electrons. The summed E-state index contributed by atoms with van der Waals surface area (Å²) in [6.45, 7) is 10.9. The molecule has 4 N–H and O–H groups in total. The Labute approximate surface area is 284 Å². The van der Waals surface area contributed by atoms with Gasteiger partial charge in [0.1, 0.15) is 0 Å². The Balaban J connectivity index is 0.000000838. The van der Waals surface area contributed by atoms with Crippen molar-refractivity contribution in [1.82, 2.24) is 9.80 Å². The van der Waals surface area contributed by atoms with Gasteiger partial charge in [0.15, 0.2) is 0 Å². The highest BCUT2D eigenvalue weighted by Crippen LogP contribution is 2.60.